The van der Waals surface area contributed by atoms with Crippen molar-refractivity contribution in [3.63, 3.8) is 0 Å². The molecule has 0 spiro atoms. The second-order valence-corrected chi connectivity index (χ2v) is 8.03. The number of rotatable bonds is 4. The van der Waals surface area contributed by atoms with E-state index in [1.165, 1.54) is 18.2 Å². The fourth-order valence-corrected chi connectivity index (χ4v) is 3.97. The standard InChI is InChI=1S/C20H13ClN2O4S/c21-17-11-10-14(28(25,26)23-13-6-2-1-3-7-13)12-16(17)19-22-18-9-5-4-8-15(18)20(24)27-19/h1-12,23H. The summed E-state index contributed by atoms with van der Waals surface area (Å²) in [5.41, 5.74) is 0.489. The average Bonchev–Trinajstić information content (AvgIpc) is 2.68. The summed E-state index contributed by atoms with van der Waals surface area (Å²) in [5.74, 6) is -0.0505. The number of hydrogen-bond acceptors (Lipinski definition) is 5. The lowest BCUT2D eigenvalue weighted by Gasteiger charge is -2.10. The van der Waals surface area contributed by atoms with Crippen molar-refractivity contribution in [2.75, 3.05) is 4.72 Å². The van der Waals surface area contributed by atoms with Gasteiger partial charge in [-0.2, -0.15) is 0 Å². The van der Waals surface area contributed by atoms with Gasteiger partial charge in [-0.05, 0) is 42.5 Å². The van der Waals surface area contributed by atoms with Crippen molar-refractivity contribution in [1.82, 2.24) is 4.98 Å². The van der Waals surface area contributed by atoms with Gasteiger partial charge in [0.25, 0.3) is 10.0 Å². The molecular formula is C20H13ClN2O4S. The molecule has 0 atom stereocenters. The molecule has 0 unspecified atom stereocenters. The number of hydrogen-bond donors (Lipinski definition) is 1. The van der Waals surface area contributed by atoms with Gasteiger partial charge in [-0.25, -0.2) is 18.2 Å². The predicted molar refractivity (Wildman–Crippen MR) is 108 cm³/mol. The average molecular weight is 413 g/mol. The number of para-hydroxylation sites is 2. The summed E-state index contributed by atoms with van der Waals surface area (Å²) >= 11 is 6.23. The van der Waals surface area contributed by atoms with E-state index < -0.39 is 15.6 Å². The third kappa shape index (κ3) is 3.49. The Balaban J connectivity index is 1.81. The van der Waals surface area contributed by atoms with E-state index in [2.05, 4.69) is 9.71 Å². The molecule has 0 saturated carbocycles. The maximum Gasteiger partial charge on any atom is 0.347 e. The van der Waals surface area contributed by atoms with Crippen molar-refractivity contribution in [3.05, 3.63) is 88.2 Å². The van der Waals surface area contributed by atoms with Crippen LogP contribution in [-0.4, -0.2) is 13.4 Å². The largest absolute Gasteiger partial charge is 0.403 e. The van der Waals surface area contributed by atoms with Crippen LogP contribution in [0.25, 0.3) is 22.4 Å². The van der Waals surface area contributed by atoms with Crippen LogP contribution in [0.15, 0.2) is 86.9 Å². The summed E-state index contributed by atoms with van der Waals surface area (Å²) in [7, 11) is -3.87. The number of fused-ring (bicyclic) bond motifs is 1. The molecule has 6 nitrogen and oxygen atoms in total. The SMILES string of the molecule is O=c1oc(-c2cc(S(=O)(=O)Nc3ccccc3)ccc2Cl)nc2ccccc12. The lowest BCUT2D eigenvalue weighted by Crippen LogP contribution is -2.13. The summed E-state index contributed by atoms with van der Waals surface area (Å²) in [5, 5.41) is 0.543. The third-order valence-electron chi connectivity index (χ3n) is 4.04. The first kappa shape index (κ1) is 18.2. The maximum absolute atomic E-state index is 12.7. The topological polar surface area (TPSA) is 89.3 Å². The first-order chi connectivity index (χ1) is 13.4. The van der Waals surface area contributed by atoms with Crippen molar-refractivity contribution in [2.24, 2.45) is 0 Å². The molecule has 0 aliphatic carbocycles. The molecule has 0 fully saturated rings. The Morgan fingerprint density at radius 2 is 1.64 bits per heavy atom. The second kappa shape index (κ2) is 7.10. The third-order valence-corrected chi connectivity index (χ3v) is 5.75. The van der Waals surface area contributed by atoms with Gasteiger partial charge in [0, 0.05) is 5.69 Å². The number of benzene rings is 3. The molecule has 28 heavy (non-hydrogen) atoms. The maximum atomic E-state index is 12.7. The normalized spacial score (nSPS) is 11.5. The number of halogens is 1. The van der Waals surface area contributed by atoms with Crippen LogP contribution in [0.3, 0.4) is 0 Å². The van der Waals surface area contributed by atoms with Crippen LogP contribution < -0.4 is 10.3 Å². The van der Waals surface area contributed by atoms with Gasteiger partial charge in [-0.15, -0.1) is 0 Å². The monoisotopic (exact) mass is 412 g/mol. The highest BCUT2D eigenvalue weighted by molar-refractivity contribution is 7.92. The molecule has 1 N–H and O–H groups in total. The fourth-order valence-electron chi connectivity index (χ4n) is 2.69. The molecule has 8 heteroatoms. The summed E-state index contributed by atoms with van der Waals surface area (Å²) in [6, 6.07) is 19.3. The van der Waals surface area contributed by atoms with Gasteiger partial charge in [-0.3, -0.25) is 4.72 Å². The highest BCUT2D eigenvalue weighted by Crippen LogP contribution is 2.30. The number of sulfonamides is 1. The Kier molecular flexibility index (Phi) is 4.62. The van der Waals surface area contributed by atoms with Gasteiger partial charge < -0.3 is 4.42 Å². The van der Waals surface area contributed by atoms with E-state index in [0.29, 0.717) is 16.6 Å². The molecule has 1 heterocycles. The fraction of sp³-hybridized carbons (Fsp3) is 0. The Hall–Kier alpha value is -3.16. The molecule has 0 aliphatic heterocycles. The van der Waals surface area contributed by atoms with E-state index in [1.807, 2.05) is 0 Å². The van der Waals surface area contributed by atoms with Crippen LogP contribution >= 0.6 is 11.6 Å². The zero-order valence-electron chi connectivity index (χ0n) is 14.3. The number of nitrogens with one attached hydrogen (secondary N) is 1. The summed E-state index contributed by atoms with van der Waals surface area (Å²) in [6.07, 6.45) is 0. The van der Waals surface area contributed by atoms with Gasteiger partial charge in [0.2, 0.25) is 5.89 Å². The van der Waals surface area contributed by atoms with Crippen molar-refractivity contribution < 1.29 is 12.8 Å². The van der Waals surface area contributed by atoms with E-state index in [0.717, 1.165) is 0 Å². The Bertz CT molecular complexity index is 1340. The van der Waals surface area contributed by atoms with Crippen LogP contribution in [0, 0.1) is 0 Å². The molecule has 4 aromatic rings. The summed E-state index contributed by atoms with van der Waals surface area (Å²) < 4.78 is 33.2. The van der Waals surface area contributed by atoms with Crippen LogP contribution in [0.2, 0.25) is 5.02 Å². The Labute approximate surface area is 165 Å². The number of anilines is 1. The summed E-state index contributed by atoms with van der Waals surface area (Å²) in [4.78, 5) is 16.5. The van der Waals surface area contributed by atoms with Crippen LogP contribution in [0.1, 0.15) is 0 Å². The van der Waals surface area contributed by atoms with Gasteiger partial charge in [0.05, 0.1) is 26.4 Å². The molecule has 1 aromatic heterocycles. The molecule has 0 radical (unpaired) electrons. The first-order valence-corrected chi connectivity index (χ1v) is 10.1. The Morgan fingerprint density at radius 3 is 2.43 bits per heavy atom. The predicted octanol–water partition coefficient (Wildman–Crippen LogP) is 4.31. The van der Waals surface area contributed by atoms with E-state index in [1.54, 1.807) is 54.6 Å². The van der Waals surface area contributed by atoms with E-state index in [9.17, 15) is 13.2 Å². The van der Waals surface area contributed by atoms with E-state index in [-0.39, 0.29) is 21.4 Å². The molecule has 140 valence electrons. The minimum absolute atomic E-state index is 0.0339. The van der Waals surface area contributed by atoms with E-state index in [4.69, 9.17) is 16.0 Å². The number of aromatic nitrogens is 1. The van der Waals surface area contributed by atoms with Crippen molar-refractivity contribution in [3.8, 4) is 11.5 Å². The van der Waals surface area contributed by atoms with Crippen LogP contribution in [0.4, 0.5) is 5.69 Å². The van der Waals surface area contributed by atoms with Crippen LogP contribution in [0.5, 0.6) is 0 Å². The van der Waals surface area contributed by atoms with Crippen molar-refractivity contribution in [2.45, 2.75) is 4.90 Å². The zero-order chi connectivity index (χ0) is 19.7. The quantitative estimate of drug-likeness (QED) is 0.539. The van der Waals surface area contributed by atoms with Gasteiger partial charge >= 0.3 is 5.63 Å². The number of nitrogens with zero attached hydrogens (tertiary/aromatic N) is 1. The highest BCUT2D eigenvalue weighted by Gasteiger charge is 2.19. The Morgan fingerprint density at radius 1 is 0.929 bits per heavy atom. The first-order valence-electron chi connectivity index (χ1n) is 8.22. The lowest BCUT2D eigenvalue weighted by molar-refractivity contribution is 0.518. The zero-order valence-corrected chi connectivity index (χ0v) is 15.9. The van der Waals surface area contributed by atoms with Crippen LogP contribution in [-0.2, 0) is 10.0 Å². The molecule has 3 aromatic carbocycles. The summed E-state index contributed by atoms with van der Waals surface area (Å²) in [6.45, 7) is 0. The molecule has 0 saturated heterocycles. The smallest absolute Gasteiger partial charge is 0.347 e. The van der Waals surface area contributed by atoms with Crippen molar-refractivity contribution in [1.29, 1.82) is 0 Å². The van der Waals surface area contributed by atoms with E-state index >= 15 is 0 Å². The molecule has 4 rings (SSSR count). The highest BCUT2D eigenvalue weighted by atomic mass is 35.5. The minimum Gasteiger partial charge on any atom is -0.403 e. The molecule has 0 aliphatic rings. The van der Waals surface area contributed by atoms with Gasteiger partial charge in [-0.1, -0.05) is 41.9 Å². The molecular weight excluding hydrogens is 400 g/mol. The second-order valence-electron chi connectivity index (χ2n) is 5.94. The lowest BCUT2D eigenvalue weighted by atomic mass is 10.2. The molecule has 0 amide bonds. The van der Waals surface area contributed by atoms with Crippen molar-refractivity contribution >= 4 is 38.2 Å². The van der Waals surface area contributed by atoms with Gasteiger partial charge in [0.1, 0.15) is 0 Å². The minimum atomic E-state index is -3.87. The van der Waals surface area contributed by atoms with Gasteiger partial charge in [0.15, 0.2) is 0 Å². The molecule has 0 bridgehead atoms.